The fourth-order valence-electron chi connectivity index (χ4n) is 1.61. The molecule has 0 saturated carbocycles. The van der Waals surface area contributed by atoms with Gasteiger partial charge in [-0.1, -0.05) is 0 Å². The van der Waals surface area contributed by atoms with Crippen LogP contribution in [0.25, 0.3) is 0 Å². The molecule has 1 aliphatic rings. The van der Waals surface area contributed by atoms with Crippen molar-refractivity contribution in [3.8, 4) is 0 Å². The van der Waals surface area contributed by atoms with Gasteiger partial charge in [-0.15, -0.1) is 0 Å². The average Bonchev–Trinajstić information content (AvgIpc) is 2.33. The zero-order valence-corrected chi connectivity index (χ0v) is 10.1. The molecule has 0 radical (unpaired) electrons. The van der Waals surface area contributed by atoms with Crippen LogP contribution in [-0.4, -0.2) is 33.9 Å². The Morgan fingerprint density at radius 2 is 1.69 bits per heavy atom. The van der Waals surface area contributed by atoms with Gasteiger partial charge in [0.1, 0.15) is 0 Å². The molecular formula is C10H22NOS+. The molecule has 0 aromatic heterocycles. The third kappa shape index (κ3) is 2.97. The number of nitrogens with zero attached hydrogens (tertiary/aromatic N) is 1. The molecule has 0 aromatic carbocycles. The predicted molar refractivity (Wildman–Crippen MR) is 60.7 cm³/mol. The molecule has 78 valence electrons. The van der Waals surface area contributed by atoms with Crippen molar-refractivity contribution in [3.63, 3.8) is 0 Å². The minimum atomic E-state index is -0.573. The van der Waals surface area contributed by atoms with E-state index >= 15 is 0 Å². The van der Waals surface area contributed by atoms with E-state index in [-0.39, 0.29) is 5.54 Å². The van der Waals surface area contributed by atoms with E-state index in [2.05, 4.69) is 6.26 Å². The van der Waals surface area contributed by atoms with Crippen LogP contribution in [0.3, 0.4) is 0 Å². The molecule has 0 aliphatic carbocycles. The molecule has 1 aliphatic heterocycles. The van der Waals surface area contributed by atoms with Gasteiger partial charge in [-0.2, -0.15) is 10.0 Å². The van der Waals surface area contributed by atoms with Gasteiger partial charge in [-0.3, -0.25) is 0 Å². The van der Waals surface area contributed by atoms with Crippen molar-refractivity contribution < 1.29 is 4.76 Å². The van der Waals surface area contributed by atoms with Crippen LogP contribution in [0, 0.1) is 4.91 Å². The maximum Gasteiger partial charge on any atom is 0.222 e. The quantitative estimate of drug-likeness (QED) is 0.633. The molecule has 1 fully saturated rings. The van der Waals surface area contributed by atoms with Crippen LogP contribution >= 0.6 is 10.0 Å². The molecule has 0 bridgehead atoms. The maximum absolute atomic E-state index is 11.8. The van der Waals surface area contributed by atoms with E-state index in [4.69, 9.17) is 0 Å². The van der Waals surface area contributed by atoms with Gasteiger partial charge in [-0.05, 0) is 30.6 Å². The van der Waals surface area contributed by atoms with Crippen molar-refractivity contribution >= 4 is 10.0 Å². The third-order valence-electron chi connectivity index (χ3n) is 2.70. The Labute approximate surface area is 83.0 Å². The lowest BCUT2D eigenvalue weighted by Crippen LogP contribution is -2.33. The van der Waals surface area contributed by atoms with Crippen molar-refractivity contribution in [2.24, 2.45) is 0 Å². The first-order valence-electron chi connectivity index (χ1n) is 5.00. The molecule has 1 heterocycles. The molecule has 1 saturated heterocycles. The summed E-state index contributed by atoms with van der Waals surface area (Å²) in [5.41, 5.74) is -0.210. The van der Waals surface area contributed by atoms with Crippen LogP contribution < -0.4 is 0 Å². The molecule has 0 N–H and O–H groups in total. The summed E-state index contributed by atoms with van der Waals surface area (Å²) in [6.45, 7) is 5.99. The highest BCUT2D eigenvalue weighted by atomic mass is 32.3. The second kappa shape index (κ2) is 3.60. The molecule has 0 aromatic rings. The molecule has 0 unspecified atom stereocenters. The second-order valence-corrected chi connectivity index (χ2v) is 9.30. The third-order valence-corrected chi connectivity index (χ3v) is 6.11. The van der Waals surface area contributed by atoms with E-state index in [0.717, 1.165) is 5.88 Å². The number of rotatable bonds is 2. The summed E-state index contributed by atoms with van der Waals surface area (Å²) < 4.78 is 1.29. The highest BCUT2D eigenvalue weighted by molar-refractivity contribution is 8.33. The molecule has 13 heavy (non-hydrogen) atoms. The number of hydrogen-bond donors (Lipinski definition) is 0. The molecule has 2 nitrogen and oxygen atoms in total. The van der Waals surface area contributed by atoms with Crippen molar-refractivity contribution in [2.45, 2.75) is 39.2 Å². The fourth-order valence-corrected chi connectivity index (χ4v) is 4.83. The lowest BCUT2D eigenvalue weighted by Gasteiger charge is -2.27. The molecule has 0 amide bonds. The smallest absolute Gasteiger partial charge is 0.182 e. The van der Waals surface area contributed by atoms with Crippen LogP contribution in [0.2, 0.25) is 0 Å². The summed E-state index contributed by atoms with van der Waals surface area (Å²) in [6, 6.07) is 0. The van der Waals surface area contributed by atoms with E-state index in [0.29, 0.717) is 0 Å². The van der Waals surface area contributed by atoms with Crippen LogP contribution in [0.15, 0.2) is 0 Å². The molecule has 0 spiro atoms. The van der Waals surface area contributed by atoms with E-state index in [9.17, 15) is 4.91 Å². The summed E-state index contributed by atoms with van der Waals surface area (Å²) in [4.78, 5) is 11.8. The second-order valence-electron chi connectivity index (χ2n) is 5.27. The predicted octanol–water partition coefficient (Wildman–Crippen LogP) is 2.75. The van der Waals surface area contributed by atoms with Crippen molar-refractivity contribution in [1.29, 1.82) is 0 Å². The Morgan fingerprint density at radius 1 is 1.23 bits per heavy atom. The topological polar surface area (TPSA) is 20.1 Å². The maximum atomic E-state index is 11.8. The lowest BCUT2D eigenvalue weighted by atomic mass is 10.1. The van der Waals surface area contributed by atoms with Crippen molar-refractivity contribution in [3.05, 3.63) is 4.91 Å². The Balaban J connectivity index is 2.53. The molecule has 0 atom stereocenters. The van der Waals surface area contributed by atoms with Gasteiger partial charge in [0.05, 0.1) is 0 Å². The van der Waals surface area contributed by atoms with Crippen LogP contribution in [0.5, 0.6) is 0 Å². The van der Waals surface area contributed by atoms with E-state index in [1.165, 1.54) is 29.1 Å². The monoisotopic (exact) mass is 204 g/mol. The van der Waals surface area contributed by atoms with Crippen LogP contribution in [-0.2, 0) is 0 Å². The molecule has 1 rings (SSSR count). The zero-order valence-electron chi connectivity index (χ0n) is 9.30. The van der Waals surface area contributed by atoms with Gasteiger partial charge in [-0.25, -0.2) is 0 Å². The minimum absolute atomic E-state index is 0.210. The van der Waals surface area contributed by atoms with Crippen molar-refractivity contribution in [1.82, 2.24) is 0 Å². The van der Waals surface area contributed by atoms with E-state index < -0.39 is 10.0 Å². The summed E-state index contributed by atoms with van der Waals surface area (Å²) in [5, 5.41) is 0. The van der Waals surface area contributed by atoms with Gasteiger partial charge in [0, 0.05) is 30.4 Å². The van der Waals surface area contributed by atoms with E-state index in [1.807, 2.05) is 20.8 Å². The Morgan fingerprint density at radius 3 is 2.08 bits per heavy atom. The Bertz CT molecular complexity index is 201. The first-order valence-corrected chi connectivity index (χ1v) is 7.55. The van der Waals surface area contributed by atoms with Gasteiger partial charge in [0.15, 0.2) is 0 Å². The Kier molecular flexibility index (Phi) is 3.05. The molecule has 3 heteroatoms. The van der Waals surface area contributed by atoms with Gasteiger partial charge in [0.25, 0.3) is 0 Å². The summed E-state index contributed by atoms with van der Waals surface area (Å²) in [5.74, 6) is 3.40. The van der Waals surface area contributed by atoms with Gasteiger partial charge in [0.2, 0.25) is 11.4 Å². The van der Waals surface area contributed by atoms with E-state index in [1.54, 1.807) is 0 Å². The highest BCUT2D eigenvalue weighted by Crippen LogP contribution is 2.50. The highest BCUT2D eigenvalue weighted by Gasteiger charge is 2.36. The van der Waals surface area contributed by atoms with Gasteiger partial charge >= 0.3 is 0 Å². The fraction of sp³-hybridized carbons (Fsp3) is 1.00. The standard InChI is InChI=1S/C10H22NOS/c1-10(2,3)11(12)9-13(4)7-5-6-8-13/h5-9H2,1-4H3/q+1. The van der Waals surface area contributed by atoms with Crippen LogP contribution in [0.4, 0.5) is 0 Å². The first-order chi connectivity index (χ1) is 5.83. The largest absolute Gasteiger partial charge is 0.222 e. The SMILES string of the molecule is CC(C)(C)[N+](=O)CS1(C)CCCC1. The summed E-state index contributed by atoms with van der Waals surface area (Å²) in [6.07, 6.45) is 5.00. The summed E-state index contributed by atoms with van der Waals surface area (Å²) in [7, 11) is -0.573. The zero-order chi connectivity index (χ0) is 10.1. The lowest BCUT2D eigenvalue weighted by molar-refractivity contribution is -0.599. The Hall–Kier alpha value is -0.0500. The molecular weight excluding hydrogens is 182 g/mol. The summed E-state index contributed by atoms with van der Waals surface area (Å²) >= 11 is 0. The number of nitroso groups, excluding NO2 is 1. The van der Waals surface area contributed by atoms with Crippen molar-refractivity contribution in [2.75, 3.05) is 23.6 Å². The van der Waals surface area contributed by atoms with Crippen LogP contribution in [0.1, 0.15) is 33.6 Å². The minimum Gasteiger partial charge on any atom is -0.182 e. The average molecular weight is 204 g/mol. The van der Waals surface area contributed by atoms with Gasteiger partial charge < -0.3 is 0 Å². The normalized spacial score (nSPS) is 24.3. The first kappa shape index (κ1) is 11.0. The number of hydrogen-bond acceptors (Lipinski definition) is 1.